The van der Waals surface area contributed by atoms with E-state index in [1.165, 1.54) is 25.1 Å². The molecule has 1 rings (SSSR count). The second-order valence-electron chi connectivity index (χ2n) is 4.10. The van der Waals surface area contributed by atoms with E-state index in [2.05, 4.69) is 5.32 Å². The van der Waals surface area contributed by atoms with Crippen molar-refractivity contribution in [2.75, 3.05) is 13.2 Å². The Morgan fingerprint density at radius 2 is 2.21 bits per heavy atom. The van der Waals surface area contributed by atoms with Gasteiger partial charge in [-0.2, -0.15) is 0 Å². The lowest BCUT2D eigenvalue weighted by molar-refractivity contribution is -0.141. The number of hydrogen-bond donors (Lipinski definition) is 2. The summed E-state index contributed by atoms with van der Waals surface area (Å²) in [4.78, 5) is 21.9. The van der Waals surface area contributed by atoms with E-state index in [-0.39, 0.29) is 25.5 Å². The number of carbonyl (C=O) groups excluding carboxylic acids is 1. The maximum absolute atomic E-state index is 12.8. The van der Waals surface area contributed by atoms with Gasteiger partial charge in [-0.1, -0.05) is 13.0 Å². The van der Waals surface area contributed by atoms with E-state index in [9.17, 15) is 14.0 Å². The highest BCUT2D eigenvalue weighted by Crippen LogP contribution is 2.11. The Hall–Kier alpha value is -2.11. The summed E-state index contributed by atoms with van der Waals surface area (Å²) in [6.07, 6.45) is 0.0862. The van der Waals surface area contributed by atoms with Crippen molar-refractivity contribution in [2.24, 2.45) is 5.92 Å². The largest absolute Gasteiger partial charge is 0.493 e. The number of amides is 1. The molecular weight excluding hydrogens is 253 g/mol. The maximum Gasteiger partial charge on any atom is 0.308 e. The van der Waals surface area contributed by atoms with Crippen LogP contribution in [0.1, 0.15) is 13.3 Å². The number of ether oxygens (including phenoxy) is 1. The number of nitrogens with one attached hydrogen (secondary N) is 1. The molecule has 1 atom stereocenters. The van der Waals surface area contributed by atoms with Gasteiger partial charge < -0.3 is 15.2 Å². The Balaban J connectivity index is 2.22. The fourth-order valence-corrected chi connectivity index (χ4v) is 1.26. The first-order chi connectivity index (χ1) is 8.99. The molecule has 0 aliphatic heterocycles. The zero-order valence-electron chi connectivity index (χ0n) is 10.6. The van der Waals surface area contributed by atoms with Gasteiger partial charge in [0.15, 0.2) is 0 Å². The topological polar surface area (TPSA) is 75.6 Å². The molecule has 0 spiro atoms. The molecule has 0 saturated carbocycles. The average molecular weight is 269 g/mol. The van der Waals surface area contributed by atoms with Gasteiger partial charge in [-0.15, -0.1) is 0 Å². The Bertz CT molecular complexity index is 450. The fourth-order valence-electron chi connectivity index (χ4n) is 1.26. The van der Waals surface area contributed by atoms with Crippen LogP contribution in [0.2, 0.25) is 0 Å². The van der Waals surface area contributed by atoms with Crippen molar-refractivity contribution in [3.05, 3.63) is 30.1 Å². The van der Waals surface area contributed by atoms with Crippen molar-refractivity contribution < 1.29 is 23.8 Å². The number of carbonyl (C=O) groups is 2. The lowest BCUT2D eigenvalue weighted by Crippen LogP contribution is -2.32. The van der Waals surface area contributed by atoms with E-state index in [1.54, 1.807) is 6.07 Å². The Kier molecular flexibility index (Phi) is 5.78. The molecular formula is C13H16FNO4. The predicted octanol–water partition coefficient (Wildman–Crippen LogP) is 1.43. The van der Waals surface area contributed by atoms with E-state index in [0.717, 1.165) is 0 Å². The molecule has 1 unspecified atom stereocenters. The monoisotopic (exact) mass is 269 g/mol. The molecule has 5 nitrogen and oxygen atoms in total. The van der Waals surface area contributed by atoms with Crippen LogP contribution in [0, 0.1) is 11.7 Å². The number of hydrogen-bond acceptors (Lipinski definition) is 3. The first-order valence-electron chi connectivity index (χ1n) is 5.87. The SMILES string of the molecule is CC(CNC(=O)CCOc1cccc(F)c1)C(=O)O. The van der Waals surface area contributed by atoms with Crippen LogP contribution in [0.3, 0.4) is 0 Å². The van der Waals surface area contributed by atoms with E-state index in [4.69, 9.17) is 9.84 Å². The minimum Gasteiger partial charge on any atom is -0.493 e. The van der Waals surface area contributed by atoms with Crippen LogP contribution in [0.25, 0.3) is 0 Å². The standard InChI is InChI=1S/C13H16FNO4/c1-9(13(17)18)8-15-12(16)5-6-19-11-4-2-3-10(14)7-11/h2-4,7,9H,5-6,8H2,1H3,(H,15,16)(H,17,18). The molecule has 1 aromatic rings. The maximum atomic E-state index is 12.8. The van der Waals surface area contributed by atoms with Gasteiger partial charge in [0.05, 0.1) is 18.9 Å². The lowest BCUT2D eigenvalue weighted by atomic mass is 10.2. The minimum atomic E-state index is -0.962. The zero-order chi connectivity index (χ0) is 14.3. The lowest BCUT2D eigenvalue weighted by Gasteiger charge is -2.09. The van der Waals surface area contributed by atoms with Gasteiger partial charge in [0.2, 0.25) is 5.91 Å². The van der Waals surface area contributed by atoms with Crippen molar-refractivity contribution in [3.8, 4) is 5.75 Å². The number of rotatable bonds is 7. The fraction of sp³-hybridized carbons (Fsp3) is 0.385. The van der Waals surface area contributed by atoms with Crippen LogP contribution in [0.5, 0.6) is 5.75 Å². The van der Waals surface area contributed by atoms with E-state index in [0.29, 0.717) is 5.75 Å². The highest BCUT2D eigenvalue weighted by molar-refractivity contribution is 5.77. The zero-order valence-corrected chi connectivity index (χ0v) is 10.6. The van der Waals surface area contributed by atoms with Gasteiger partial charge in [0, 0.05) is 12.6 Å². The molecule has 0 bridgehead atoms. The van der Waals surface area contributed by atoms with Gasteiger partial charge in [0.25, 0.3) is 0 Å². The van der Waals surface area contributed by atoms with Crippen LogP contribution >= 0.6 is 0 Å². The normalized spacial score (nSPS) is 11.7. The summed E-state index contributed by atoms with van der Waals surface area (Å²) in [7, 11) is 0. The summed E-state index contributed by atoms with van der Waals surface area (Å²) < 4.78 is 18.0. The van der Waals surface area contributed by atoms with Crippen molar-refractivity contribution in [1.29, 1.82) is 0 Å². The average Bonchev–Trinajstić information content (AvgIpc) is 2.36. The molecule has 0 aromatic heterocycles. The Labute approximate surface area is 110 Å². The summed E-state index contributed by atoms with van der Waals surface area (Å²) in [6, 6.07) is 5.63. The number of halogens is 1. The third kappa shape index (κ3) is 5.85. The van der Waals surface area contributed by atoms with Crippen molar-refractivity contribution in [3.63, 3.8) is 0 Å². The van der Waals surface area contributed by atoms with Crippen LogP contribution in [-0.4, -0.2) is 30.1 Å². The number of benzene rings is 1. The molecule has 2 N–H and O–H groups in total. The van der Waals surface area contributed by atoms with Crippen LogP contribution in [-0.2, 0) is 9.59 Å². The van der Waals surface area contributed by atoms with E-state index >= 15 is 0 Å². The van der Waals surface area contributed by atoms with Crippen molar-refractivity contribution in [2.45, 2.75) is 13.3 Å². The first-order valence-corrected chi connectivity index (χ1v) is 5.87. The summed E-state index contributed by atoms with van der Waals surface area (Å²) in [5.74, 6) is -1.95. The summed E-state index contributed by atoms with van der Waals surface area (Å²) in [5, 5.41) is 11.1. The molecule has 0 aliphatic carbocycles. The molecule has 1 amide bonds. The summed E-state index contributed by atoms with van der Waals surface area (Å²) >= 11 is 0. The van der Waals surface area contributed by atoms with Gasteiger partial charge in [-0.3, -0.25) is 9.59 Å². The van der Waals surface area contributed by atoms with Crippen LogP contribution in [0.15, 0.2) is 24.3 Å². The quantitative estimate of drug-likeness (QED) is 0.785. The highest BCUT2D eigenvalue weighted by Gasteiger charge is 2.11. The Morgan fingerprint density at radius 3 is 2.84 bits per heavy atom. The van der Waals surface area contributed by atoms with E-state index < -0.39 is 17.7 Å². The molecule has 1 aromatic carbocycles. The molecule has 104 valence electrons. The Morgan fingerprint density at radius 1 is 1.47 bits per heavy atom. The van der Waals surface area contributed by atoms with Crippen LogP contribution < -0.4 is 10.1 Å². The van der Waals surface area contributed by atoms with E-state index in [1.807, 2.05) is 0 Å². The van der Waals surface area contributed by atoms with Gasteiger partial charge >= 0.3 is 5.97 Å². The first kappa shape index (κ1) is 14.9. The van der Waals surface area contributed by atoms with Gasteiger partial charge in [-0.25, -0.2) is 4.39 Å². The second kappa shape index (κ2) is 7.35. The molecule has 6 heteroatoms. The predicted molar refractivity (Wildman–Crippen MR) is 66.3 cm³/mol. The molecule has 0 heterocycles. The van der Waals surface area contributed by atoms with Crippen molar-refractivity contribution in [1.82, 2.24) is 5.32 Å². The highest BCUT2D eigenvalue weighted by atomic mass is 19.1. The molecule has 0 saturated heterocycles. The molecule has 0 fully saturated rings. The number of aliphatic carboxylic acids is 1. The molecule has 0 radical (unpaired) electrons. The third-order valence-electron chi connectivity index (χ3n) is 2.42. The third-order valence-corrected chi connectivity index (χ3v) is 2.42. The van der Waals surface area contributed by atoms with Crippen molar-refractivity contribution >= 4 is 11.9 Å². The summed E-state index contributed by atoms with van der Waals surface area (Å²) in [6.45, 7) is 1.69. The number of carboxylic acids is 1. The molecule has 0 aliphatic rings. The smallest absolute Gasteiger partial charge is 0.308 e. The molecule has 19 heavy (non-hydrogen) atoms. The second-order valence-corrected chi connectivity index (χ2v) is 4.10. The number of carboxylic acid groups (broad SMARTS) is 1. The van der Waals surface area contributed by atoms with Crippen LogP contribution in [0.4, 0.5) is 4.39 Å². The van der Waals surface area contributed by atoms with Gasteiger partial charge in [-0.05, 0) is 12.1 Å². The minimum absolute atomic E-state index is 0.0775. The summed E-state index contributed by atoms with van der Waals surface area (Å²) in [5.41, 5.74) is 0. The van der Waals surface area contributed by atoms with Gasteiger partial charge in [0.1, 0.15) is 11.6 Å².